The Labute approximate surface area is 195 Å². The van der Waals surface area contributed by atoms with Gasteiger partial charge in [0.2, 0.25) is 0 Å². The van der Waals surface area contributed by atoms with Gasteiger partial charge in [-0.2, -0.15) is 8.42 Å². The van der Waals surface area contributed by atoms with Crippen LogP contribution in [0.4, 0.5) is 0 Å². The van der Waals surface area contributed by atoms with Gasteiger partial charge < -0.3 is 9.47 Å². The Kier molecular flexibility index (Phi) is 8.63. The van der Waals surface area contributed by atoms with Crippen molar-refractivity contribution in [3.63, 3.8) is 0 Å². The summed E-state index contributed by atoms with van der Waals surface area (Å²) in [5, 5.41) is 0. The van der Waals surface area contributed by atoms with Crippen LogP contribution in [-0.4, -0.2) is 26.6 Å². The highest BCUT2D eigenvalue weighted by atomic mass is 32.2. The maximum atomic E-state index is 13.2. The molecule has 0 heterocycles. The van der Waals surface area contributed by atoms with E-state index < -0.39 is 28.3 Å². The van der Waals surface area contributed by atoms with E-state index in [9.17, 15) is 13.2 Å². The van der Waals surface area contributed by atoms with E-state index in [1.54, 1.807) is 56.3 Å². The number of hydrogen-bond acceptors (Lipinski definition) is 6. The Hall–Kier alpha value is -3.16. The van der Waals surface area contributed by atoms with Gasteiger partial charge in [0.05, 0.1) is 6.10 Å². The maximum Gasteiger partial charge on any atom is 0.337 e. The number of aryl methyl sites for hydroxylation is 1. The first kappa shape index (κ1) is 24.5. The molecule has 0 saturated heterocycles. The number of rotatable bonds is 11. The smallest absolute Gasteiger partial charge is 0.337 e. The fourth-order valence-corrected chi connectivity index (χ4v) is 4.40. The molecule has 1 atom stereocenters. The molecule has 174 valence electrons. The second kappa shape index (κ2) is 11.6. The third-order valence-corrected chi connectivity index (χ3v) is 6.08. The summed E-state index contributed by atoms with van der Waals surface area (Å²) in [5.41, 5.74) is 1.10. The van der Waals surface area contributed by atoms with Crippen LogP contribution in [0.25, 0.3) is 0 Å². The van der Waals surface area contributed by atoms with Gasteiger partial charge in [-0.15, -0.1) is 0 Å². The number of ether oxygens (including phenoxy) is 2. The molecular formula is C26H28O6S. The van der Waals surface area contributed by atoms with Crippen LogP contribution in [0.15, 0.2) is 89.8 Å². The van der Waals surface area contributed by atoms with E-state index in [2.05, 4.69) is 0 Å². The molecule has 0 bridgehead atoms. The van der Waals surface area contributed by atoms with Gasteiger partial charge in [0, 0.05) is 0 Å². The van der Waals surface area contributed by atoms with Crippen molar-refractivity contribution in [3.8, 4) is 11.5 Å². The van der Waals surface area contributed by atoms with Crippen LogP contribution in [0.5, 0.6) is 11.5 Å². The lowest BCUT2D eigenvalue weighted by Gasteiger charge is -2.19. The van der Waals surface area contributed by atoms with Crippen LogP contribution in [0, 0.1) is 0 Å². The van der Waals surface area contributed by atoms with Crippen molar-refractivity contribution in [1.82, 2.24) is 0 Å². The van der Waals surface area contributed by atoms with E-state index in [1.807, 2.05) is 36.4 Å². The summed E-state index contributed by atoms with van der Waals surface area (Å²) < 4.78 is 42.8. The Morgan fingerprint density at radius 1 is 0.848 bits per heavy atom. The van der Waals surface area contributed by atoms with E-state index in [4.69, 9.17) is 13.7 Å². The maximum absolute atomic E-state index is 13.2. The minimum absolute atomic E-state index is 0.115. The Balaban J connectivity index is 1.78. The van der Waals surface area contributed by atoms with Crippen molar-refractivity contribution < 1.29 is 26.9 Å². The third kappa shape index (κ3) is 7.44. The molecule has 0 spiro atoms. The molecule has 3 aromatic carbocycles. The highest BCUT2D eigenvalue weighted by Crippen LogP contribution is 2.30. The van der Waals surface area contributed by atoms with Crippen molar-refractivity contribution in [1.29, 1.82) is 0 Å². The van der Waals surface area contributed by atoms with Gasteiger partial charge in [-0.05, 0) is 62.9 Å². The molecule has 0 amide bonds. The van der Waals surface area contributed by atoms with Gasteiger partial charge in [-0.25, -0.2) is 4.79 Å². The number of benzene rings is 3. The second-order valence-electron chi connectivity index (χ2n) is 7.76. The number of hydrogen-bond donors (Lipinski definition) is 0. The summed E-state index contributed by atoms with van der Waals surface area (Å²) in [4.78, 5) is 12.5. The highest BCUT2D eigenvalue weighted by Gasteiger charge is 2.31. The lowest BCUT2D eigenvalue weighted by atomic mass is 10.1. The molecule has 0 radical (unpaired) electrons. The Bertz CT molecular complexity index is 1130. The van der Waals surface area contributed by atoms with Gasteiger partial charge in [0.1, 0.15) is 16.4 Å². The molecule has 3 aromatic rings. The summed E-state index contributed by atoms with van der Waals surface area (Å²) in [7, 11) is -4.31. The molecule has 0 saturated carbocycles. The average molecular weight is 469 g/mol. The predicted octanol–water partition coefficient (Wildman–Crippen LogP) is 5.53. The van der Waals surface area contributed by atoms with Crippen molar-refractivity contribution >= 4 is 16.1 Å². The van der Waals surface area contributed by atoms with Crippen molar-refractivity contribution in [2.75, 3.05) is 0 Å². The first-order valence-corrected chi connectivity index (χ1v) is 12.3. The van der Waals surface area contributed by atoms with Crippen LogP contribution in [0.1, 0.15) is 32.3 Å². The van der Waals surface area contributed by atoms with Crippen molar-refractivity contribution in [2.24, 2.45) is 0 Å². The fraction of sp³-hybridized carbons (Fsp3) is 0.269. The normalized spacial score (nSPS) is 12.3. The van der Waals surface area contributed by atoms with Crippen LogP contribution in [-0.2, 0) is 30.3 Å². The van der Waals surface area contributed by atoms with Crippen LogP contribution < -0.4 is 4.74 Å². The summed E-state index contributed by atoms with van der Waals surface area (Å²) >= 11 is 0. The summed E-state index contributed by atoms with van der Waals surface area (Å²) in [5.74, 6) is -0.106. The zero-order valence-corrected chi connectivity index (χ0v) is 19.5. The number of esters is 1. The quantitative estimate of drug-likeness (QED) is 0.272. The molecule has 0 aliphatic heterocycles. The molecule has 0 aromatic heterocycles. The third-order valence-electron chi connectivity index (χ3n) is 4.72. The van der Waals surface area contributed by atoms with E-state index in [0.29, 0.717) is 18.6 Å². The van der Waals surface area contributed by atoms with E-state index >= 15 is 0 Å². The van der Waals surface area contributed by atoms with Crippen LogP contribution in [0.2, 0.25) is 0 Å². The molecule has 6 nitrogen and oxygen atoms in total. The van der Waals surface area contributed by atoms with Gasteiger partial charge in [0.15, 0.2) is 6.10 Å². The topological polar surface area (TPSA) is 78.9 Å². The molecule has 0 fully saturated rings. The molecular weight excluding hydrogens is 440 g/mol. The highest BCUT2D eigenvalue weighted by molar-refractivity contribution is 7.87. The van der Waals surface area contributed by atoms with E-state index in [1.165, 1.54) is 6.07 Å². The van der Waals surface area contributed by atoms with Gasteiger partial charge in [-0.1, -0.05) is 60.7 Å². The number of para-hydroxylation sites is 2. The zero-order chi connectivity index (χ0) is 23.7. The number of carbonyl (C=O) groups excluding carboxylic acids is 1. The lowest BCUT2D eigenvalue weighted by molar-refractivity contribution is -0.156. The van der Waals surface area contributed by atoms with Crippen LogP contribution >= 0.6 is 0 Å². The van der Waals surface area contributed by atoms with Gasteiger partial charge >= 0.3 is 16.1 Å². The summed E-state index contributed by atoms with van der Waals surface area (Å²) in [6.07, 6.45) is -0.218. The zero-order valence-electron chi connectivity index (χ0n) is 18.7. The first-order chi connectivity index (χ1) is 15.8. The van der Waals surface area contributed by atoms with Crippen molar-refractivity contribution in [2.45, 2.75) is 50.2 Å². The van der Waals surface area contributed by atoms with Gasteiger partial charge in [-0.3, -0.25) is 4.18 Å². The molecule has 0 aliphatic rings. The molecule has 3 rings (SSSR count). The molecule has 33 heavy (non-hydrogen) atoms. The molecule has 0 N–H and O–H groups in total. The Morgan fingerprint density at radius 3 is 2.12 bits per heavy atom. The molecule has 7 heteroatoms. The largest absolute Gasteiger partial charge is 0.461 e. The lowest BCUT2D eigenvalue weighted by Crippen LogP contribution is -2.31. The second-order valence-corrected chi connectivity index (χ2v) is 9.30. The number of carbonyl (C=O) groups is 1. The monoisotopic (exact) mass is 468 g/mol. The Morgan fingerprint density at radius 2 is 1.45 bits per heavy atom. The summed E-state index contributed by atoms with van der Waals surface area (Å²) in [6.45, 7) is 3.41. The summed E-state index contributed by atoms with van der Waals surface area (Å²) in [6, 6.07) is 24.8. The first-order valence-electron chi connectivity index (χ1n) is 10.8. The molecule has 0 aliphatic carbocycles. The van der Waals surface area contributed by atoms with Crippen molar-refractivity contribution in [3.05, 3.63) is 90.5 Å². The predicted molar refractivity (Wildman–Crippen MR) is 126 cm³/mol. The standard InChI is InChI=1S/C26H28O6S/c1-20(2)30-26(27)24(18-11-14-21-12-5-3-6-13-21)32-33(28,29)25-19-10-9-17-23(25)31-22-15-7-4-8-16-22/h3-10,12-13,15-17,19-20,24H,11,14,18H2,1-2H3/t24-/m1/s1. The van der Waals surface area contributed by atoms with E-state index in [-0.39, 0.29) is 17.1 Å². The SMILES string of the molecule is CC(C)OC(=O)[C@@H](CCCc1ccccc1)OS(=O)(=O)c1ccccc1Oc1ccccc1. The van der Waals surface area contributed by atoms with Crippen LogP contribution in [0.3, 0.4) is 0 Å². The molecule has 0 unspecified atom stereocenters. The van der Waals surface area contributed by atoms with Gasteiger partial charge in [0.25, 0.3) is 0 Å². The fourth-order valence-electron chi connectivity index (χ4n) is 3.21. The average Bonchev–Trinajstić information content (AvgIpc) is 2.79. The minimum atomic E-state index is -4.31. The minimum Gasteiger partial charge on any atom is -0.461 e. The van der Waals surface area contributed by atoms with E-state index in [0.717, 1.165) is 5.56 Å².